The van der Waals surface area contributed by atoms with Gasteiger partial charge in [0.1, 0.15) is 5.75 Å². The van der Waals surface area contributed by atoms with Crippen molar-refractivity contribution in [3.63, 3.8) is 0 Å². The summed E-state index contributed by atoms with van der Waals surface area (Å²) in [6, 6.07) is 8.71. The molecule has 1 aromatic heterocycles. The van der Waals surface area contributed by atoms with Gasteiger partial charge in [0, 0.05) is 29.9 Å². The first-order valence-corrected chi connectivity index (χ1v) is 10.5. The van der Waals surface area contributed by atoms with Gasteiger partial charge in [0.15, 0.2) is 0 Å². The summed E-state index contributed by atoms with van der Waals surface area (Å²) in [6.07, 6.45) is 4.33. The third-order valence-corrected chi connectivity index (χ3v) is 6.52. The quantitative estimate of drug-likeness (QED) is 0.817. The molecule has 1 aliphatic carbocycles. The molecule has 24 heavy (non-hydrogen) atoms. The largest absolute Gasteiger partial charge is 0.493 e. The van der Waals surface area contributed by atoms with Gasteiger partial charge >= 0.3 is 0 Å². The molecule has 0 saturated heterocycles. The topological polar surface area (TPSA) is 51.5 Å². The predicted octanol–water partition coefficient (Wildman–Crippen LogP) is 2.09. The zero-order valence-electron chi connectivity index (χ0n) is 14.6. The standard InChI is InChI=1S/C19H25NO3Si/c1-4-24(22)16-7-8-18(23-12-14-5-6-14)17(10-16)15-9-13(2)19(21)20(3)11-15/h7-11,14,22,24H,4-6,12H2,1-3H3. The Morgan fingerprint density at radius 2 is 2.08 bits per heavy atom. The van der Waals surface area contributed by atoms with Crippen LogP contribution in [-0.4, -0.2) is 25.0 Å². The van der Waals surface area contributed by atoms with E-state index in [0.29, 0.717) is 11.5 Å². The summed E-state index contributed by atoms with van der Waals surface area (Å²) in [4.78, 5) is 22.3. The van der Waals surface area contributed by atoms with Crippen LogP contribution in [0.5, 0.6) is 5.75 Å². The van der Waals surface area contributed by atoms with Crippen LogP contribution in [0.3, 0.4) is 0 Å². The van der Waals surface area contributed by atoms with Crippen LogP contribution in [-0.2, 0) is 7.05 Å². The van der Waals surface area contributed by atoms with E-state index in [-0.39, 0.29) is 5.56 Å². The van der Waals surface area contributed by atoms with Crippen LogP contribution < -0.4 is 15.5 Å². The summed E-state index contributed by atoms with van der Waals surface area (Å²) in [5.41, 5.74) is 2.64. The van der Waals surface area contributed by atoms with Gasteiger partial charge in [0.2, 0.25) is 9.04 Å². The van der Waals surface area contributed by atoms with E-state index in [9.17, 15) is 9.59 Å². The minimum atomic E-state index is -1.90. The molecule has 0 amide bonds. The highest BCUT2D eigenvalue weighted by molar-refractivity contribution is 6.66. The summed E-state index contributed by atoms with van der Waals surface area (Å²) >= 11 is 0. The molecule has 0 radical (unpaired) electrons. The fraction of sp³-hybridized carbons (Fsp3) is 0.421. The zero-order valence-corrected chi connectivity index (χ0v) is 15.7. The lowest BCUT2D eigenvalue weighted by atomic mass is 10.0. The number of nitrogens with zero attached hydrogens (tertiary/aromatic N) is 1. The van der Waals surface area contributed by atoms with Gasteiger partial charge in [-0.2, -0.15) is 0 Å². The summed E-state index contributed by atoms with van der Waals surface area (Å²) in [6.45, 7) is 4.59. The van der Waals surface area contributed by atoms with Crippen LogP contribution in [0.15, 0.2) is 35.3 Å². The normalized spacial score (nSPS) is 15.3. The van der Waals surface area contributed by atoms with Crippen LogP contribution in [0.4, 0.5) is 0 Å². The van der Waals surface area contributed by atoms with Crippen LogP contribution in [0.1, 0.15) is 25.3 Å². The van der Waals surface area contributed by atoms with Gasteiger partial charge in [0.05, 0.1) is 6.61 Å². The van der Waals surface area contributed by atoms with Crippen LogP contribution in [0, 0.1) is 12.8 Å². The minimum Gasteiger partial charge on any atom is -0.493 e. The molecule has 1 unspecified atom stereocenters. The summed E-state index contributed by atoms with van der Waals surface area (Å²) in [5.74, 6) is 1.51. The molecule has 1 atom stereocenters. The second kappa shape index (κ2) is 6.95. The number of pyridine rings is 1. The van der Waals surface area contributed by atoms with Crippen molar-refractivity contribution < 1.29 is 9.53 Å². The van der Waals surface area contributed by atoms with E-state index in [4.69, 9.17) is 4.74 Å². The Hall–Kier alpha value is -1.85. The fourth-order valence-corrected chi connectivity index (χ4v) is 4.01. The van der Waals surface area contributed by atoms with Crippen molar-refractivity contribution in [2.75, 3.05) is 6.61 Å². The van der Waals surface area contributed by atoms with Crippen molar-refractivity contribution in [3.05, 3.63) is 46.4 Å². The van der Waals surface area contributed by atoms with Gasteiger partial charge < -0.3 is 14.1 Å². The highest BCUT2D eigenvalue weighted by Gasteiger charge is 2.23. The smallest absolute Gasteiger partial charge is 0.253 e. The SMILES string of the molecule is CC[SiH](O)c1ccc(OCC2CC2)c(-c2cc(C)c(=O)n(C)c2)c1. The van der Waals surface area contributed by atoms with Gasteiger partial charge in [0.25, 0.3) is 5.56 Å². The van der Waals surface area contributed by atoms with Gasteiger partial charge in [-0.15, -0.1) is 0 Å². The molecule has 0 aliphatic heterocycles. The number of hydrogen-bond donors (Lipinski definition) is 1. The average molecular weight is 343 g/mol. The maximum Gasteiger partial charge on any atom is 0.253 e. The maximum absolute atomic E-state index is 12.0. The monoisotopic (exact) mass is 343 g/mol. The Kier molecular flexibility index (Phi) is 4.92. The van der Waals surface area contributed by atoms with Crippen LogP contribution in [0.25, 0.3) is 11.1 Å². The molecule has 0 bridgehead atoms. The lowest BCUT2D eigenvalue weighted by Crippen LogP contribution is -2.29. The van der Waals surface area contributed by atoms with Crippen molar-refractivity contribution in [1.82, 2.24) is 4.57 Å². The van der Waals surface area contributed by atoms with Crippen molar-refractivity contribution in [3.8, 4) is 16.9 Å². The van der Waals surface area contributed by atoms with Gasteiger partial charge in [-0.1, -0.05) is 13.0 Å². The first-order valence-electron chi connectivity index (χ1n) is 8.62. The highest BCUT2D eigenvalue weighted by Crippen LogP contribution is 2.33. The molecule has 1 heterocycles. The number of benzene rings is 1. The van der Waals surface area contributed by atoms with Crippen molar-refractivity contribution in [1.29, 1.82) is 0 Å². The van der Waals surface area contributed by atoms with E-state index in [1.165, 1.54) is 12.8 Å². The first kappa shape index (κ1) is 17.0. The number of aryl methyl sites for hydroxylation is 2. The van der Waals surface area contributed by atoms with Gasteiger partial charge in [-0.25, -0.2) is 0 Å². The molecule has 0 spiro atoms. The number of hydrogen-bond acceptors (Lipinski definition) is 3. The highest BCUT2D eigenvalue weighted by atomic mass is 28.3. The Morgan fingerprint density at radius 3 is 2.71 bits per heavy atom. The van der Waals surface area contributed by atoms with E-state index in [1.54, 1.807) is 11.6 Å². The lowest BCUT2D eigenvalue weighted by Gasteiger charge is -2.16. The van der Waals surface area contributed by atoms with Crippen LogP contribution in [0.2, 0.25) is 6.04 Å². The Balaban J connectivity index is 2.05. The molecular weight excluding hydrogens is 318 g/mol. The molecule has 4 nitrogen and oxygen atoms in total. The molecule has 128 valence electrons. The first-order chi connectivity index (χ1) is 11.5. The maximum atomic E-state index is 12.0. The second-order valence-corrected chi connectivity index (χ2v) is 9.28. The lowest BCUT2D eigenvalue weighted by molar-refractivity contribution is 0.301. The molecule has 3 rings (SSSR count). The van der Waals surface area contributed by atoms with E-state index in [2.05, 4.69) is 0 Å². The summed E-state index contributed by atoms with van der Waals surface area (Å²) in [7, 11) is -0.131. The van der Waals surface area contributed by atoms with E-state index in [0.717, 1.165) is 34.7 Å². The van der Waals surface area contributed by atoms with Crippen molar-refractivity contribution in [2.24, 2.45) is 13.0 Å². The Morgan fingerprint density at radius 1 is 1.33 bits per heavy atom. The predicted molar refractivity (Wildman–Crippen MR) is 99.6 cm³/mol. The third kappa shape index (κ3) is 3.62. The number of rotatable bonds is 6. The molecule has 1 fully saturated rings. The minimum absolute atomic E-state index is 0.0123. The molecule has 1 aliphatic rings. The number of aromatic nitrogens is 1. The molecule has 2 aromatic rings. The summed E-state index contributed by atoms with van der Waals surface area (Å²) < 4.78 is 7.65. The molecule has 1 aromatic carbocycles. The number of ether oxygens (including phenoxy) is 1. The Bertz CT molecular complexity index is 769. The average Bonchev–Trinajstić information content (AvgIpc) is 3.41. The van der Waals surface area contributed by atoms with Crippen molar-refractivity contribution in [2.45, 2.75) is 32.7 Å². The molecule has 1 N–H and O–H groups in total. The third-order valence-electron chi connectivity index (χ3n) is 4.62. The van der Waals surface area contributed by atoms with Crippen LogP contribution >= 0.6 is 0 Å². The van der Waals surface area contributed by atoms with Gasteiger partial charge in [-0.3, -0.25) is 4.79 Å². The molecule has 1 saturated carbocycles. The Labute approximate surface area is 144 Å². The second-order valence-electron chi connectivity index (χ2n) is 6.76. The van der Waals surface area contributed by atoms with E-state index >= 15 is 0 Å². The molecular formula is C19H25NO3Si. The van der Waals surface area contributed by atoms with E-state index < -0.39 is 9.04 Å². The van der Waals surface area contributed by atoms with E-state index in [1.807, 2.05) is 44.3 Å². The molecule has 5 heteroatoms. The van der Waals surface area contributed by atoms with Crippen molar-refractivity contribution >= 4 is 14.2 Å². The fourth-order valence-electron chi connectivity index (χ4n) is 2.86. The zero-order chi connectivity index (χ0) is 17.3. The van der Waals surface area contributed by atoms with Gasteiger partial charge in [-0.05, 0) is 55.1 Å². The summed E-state index contributed by atoms with van der Waals surface area (Å²) in [5, 5.41) is 1.01.